The quantitative estimate of drug-likeness (QED) is 0.856. The molecule has 1 atom stereocenters. The lowest BCUT2D eigenvalue weighted by atomic mass is 10.0. The van der Waals surface area contributed by atoms with Crippen LogP contribution in [0.4, 0.5) is 0 Å². The third-order valence-corrected chi connectivity index (χ3v) is 5.59. The van der Waals surface area contributed by atoms with Gasteiger partial charge in [-0.25, -0.2) is 0 Å². The van der Waals surface area contributed by atoms with Crippen LogP contribution in [0.15, 0.2) is 30.3 Å². The van der Waals surface area contributed by atoms with Gasteiger partial charge in [-0.1, -0.05) is 18.6 Å². The highest BCUT2D eigenvalue weighted by Gasteiger charge is 2.16. The fourth-order valence-electron chi connectivity index (χ4n) is 3.03. The number of hydrogen-bond acceptors (Lipinski definition) is 3. The van der Waals surface area contributed by atoms with Crippen molar-refractivity contribution < 1.29 is 4.74 Å². The number of hydrogen-bond donors (Lipinski definition) is 1. The first-order valence-corrected chi connectivity index (χ1v) is 8.58. The summed E-state index contributed by atoms with van der Waals surface area (Å²) in [7, 11) is 1.70. The minimum absolute atomic E-state index is 0.0917. The van der Waals surface area contributed by atoms with Gasteiger partial charge < -0.3 is 10.5 Å². The van der Waals surface area contributed by atoms with Gasteiger partial charge in [0, 0.05) is 15.8 Å². The Kier molecular flexibility index (Phi) is 4.61. The summed E-state index contributed by atoms with van der Waals surface area (Å²) < 4.78 is 5.28. The smallest absolute Gasteiger partial charge is 0.119 e. The molecule has 0 amide bonds. The van der Waals surface area contributed by atoms with Crippen LogP contribution in [0.1, 0.15) is 46.2 Å². The Bertz CT molecular complexity index is 582. The van der Waals surface area contributed by atoms with E-state index in [2.05, 4.69) is 18.2 Å². The van der Waals surface area contributed by atoms with Gasteiger partial charge in [0.2, 0.25) is 0 Å². The summed E-state index contributed by atoms with van der Waals surface area (Å²) in [6.45, 7) is 0. The van der Waals surface area contributed by atoms with Gasteiger partial charge in [0.05, 0.1) is 7.11 Å². The van der Waals surface area contributed by atoms with E-state index >= 15 is 0 Å². The number of thiophene rings is 1. The molecule has 1 aliphatic carbocycles. The number of ether oxygens (including phenoxy) is 1. The molecule has 21 heavy (non-hydrogen) atoms. The van der Waals surface area contributed by atoms with Crippen LogP contribution in [0.25, 0.3) is 0 Å². The highest BCUT2D eigenvalue weighted by Crippen LogP contribution is 2.32. The molecular weight excluding hydrogens is 278 g/mol. The molecule has 0 radical (unpaired) electrons. The summed E-state index contributed by atoms with van der Waals surface area (Å²) in [5.41, 5.74) is 9.23. The highest BCUT2D eigenvalue weighted by molar-refractivity contribution is 7.12. The summed E-state index contributed by atoms with van der Waals surface area (Å²) in [5.74, 6) is 0.904. The van der Waals surface area contributed by atoms with E-state index in [0.29, 0.717) is 0 Å². The Balaban J connectivity index is 1.74. The van der Waals surface area contributed by atoms with Crippen molar-refractivity contribution in [1.82, 2.24) is 0 Å². The maximum atomic E-state index is 6.44. The summed E-state index contributed by atoms with van der Waals surface area (Å²) >= 11 is 1.93. The number of aryl methyl sites for hydroxylation is 2. The number of fused-ring (bicyclic) bond motifs is 1. The van der Waals surface area contributed by atoms with E-state index in [1.54, 1.807) is 17.6 Å². The topological polar surface area (TPSA) is 35.2 Å². The molecule has 1 unspecified atom stereocenters. The Hall–Kier alpha value is -1.32. The van der Waals surface area contributed by atoms with E-state index in [1.165, 1.54) is 42.5 Å². The number of methoxy groups -OCH3 is 1. The molecule has 1 aromatic heterocycles. The number of benzene rings is 1. The Morgan fingerprint density at radius 3 is 2.90 bits per heavy atom. The monoisotopic (exact) mass is 301 g/mol. The molecule has 1 aromatic carbocycles. The third-order valence-electron chi connectivity index (χ3n) is 4.22. The molecular formula is C18H23NOS. The molecule has 112 valence electrons. The second kappa shape index (κ2) is 6.63. The van der Waals surface area contributed by atoms with E-state index in [9.17, 15) is 0 Å². The maximum absolute atomic E-state index is 6.44. The van der Waals surface area contributed by atoms with Crippen LogP contribution in [0.2, 0.25) is 0 Å². The molecule has 2 N–H and O–H groups in total. The van der Waals surface area contributed by atoms with Gasteiger partial charge in [0.1, 0.15) is 5.75 Å². The van der Waals surface area contributed by atoms with E-state index in [-0.39, 0.29) is 6.04 Å². The van der Waals surface area contributed by atoms with Gasteiger partial charge in [0.15, 0.2) is 0 Å². The van der Waals surface area contributed by atoms with Gasteiger partial charge in [0.25, 0.3) is 0 Å². The zero-order chi connectivity index (χ0) is 14.7. The average Bonchev–Trinajstić information content (AvgIpc) is 2.79. The number of nitrogens with two attached hydrogens (primary N) is 1. The SMILES string of the molecule is COc1cccc(CC(N)c2cc3c(s2)CCCCC3)c1. The van der Waals surface area contributed by atoms with Gasteiger partial charge in [-0.15, -0.1) is 11.3 Å². The van der Waals surface area contributed by atoms with Crippen LogP contribution in [0, 0.1) is 0 Å². The minimum Gasteiger partial charge on any atom is -0.497 e. The van der Waals surface area contributed by atoms with Gasteiger partial charge in [-0.2, -0.15) is 0 Å². The summed E-state index contributed by atoms with van der Waals surface area (Å²) in [6.07, 6.45) is 7.37. The summed E-state index contributed by atoms with van der Waals surface area (Å²) in [5, 5.41) is 0. The van der Waals surface area contributed by atoms with Crippen LogP contribution in [0.3, 0.4) is 0 Å². The molecule has 0 aliphatic heterocycles. The first-order valence-electron chi connectivity index (χ1n) is 7.76. The van der Waals surface area contributed by atoms with Gasteiger partial charge in [-0.05, 0) is 61.4 Å². The predicted molar refractivity (Wildman–Crippen MR) is 89.2 cm³/mol. The second-order valence-electron chi connectivity index (χ2n) is 5.82. The first-order chi connectivity index (χ1) is 10.3. The largest absolute Gasteiger partial charge is 0.497 e. The molecule has 2 nitrogen and oxygen atoms in total. The lowest BCUT2D eigenvalue weighted by Crippen LogP contribution is -2.11. The van der Waals surface area contributed by atoms with Crippen LogP contribution < -0.4 is 10.5 Å². The van der Waals surface area contributed by atoms with E-state index in [4.69, 9.17) is 10.5 Å². The van der Waals surface area contributed by atoms with Gasteiger partial charge >= 0.3 is 0 Å². The Morgan fingerprint density at radius 1 is 1.19 bits per heavy atom. The minimum atomic E-state index is 0.0917. The fourth-order valence-corrected chi connectivity index (χ4v) is 4.29. The Morgan fingerprint density at radius 2 is 2.05 bits per heavy atom. The van der Waals surface area contributed by atoms with E-state index < -0.39 is 0 Å². The summed E-state index contributed by atoms with van der Waals surface area (Å²) in [4.78, 5) is 2.91. The first kappa shape index (κ1) is 14.6. The van der Waals surface area contributed by atoms with Crippen molar-refractivity contribution in [1.29, 1.82) is 0 Å². The molecule has 0 spiro atoms. The van der Waals surface area contributed by atoms with Crippen molar-refractivity contribution >= 4 is 11.3 Å². The molecule has 0 fully saturated rings. The normalized spacial score (nSPS) is 16.1. The molecule has 1 aliphatic rings. The standard InChI is InChI=1S/C18H23NOS/c1-20-15-8-5-6-13(10-15)11-16(19)18-12-14-7-3-2-4-9-17(14)21-18/h5-6,8,10,12,16H,2-4,7,9,11,19H2,1H3. The molecule has 0 bridgehead atoms. The van der Waals surface area contributed by atoms with Crippen molar-refractivity contribution in [2.24, 2.45) is 5.73 Å². The predicted octanol–water partition coefficient (Wildman–Crippen LogP) is 4.27. The van der Waals surface area contributed by atoms with E-state index in [1.807, 2.05) is 23.5 Å². The van der Waals surface area contributed by atoms with Crippen molar-refractivity contribution in [3.63, 3.8) is 0 Å². The maximum Gasteiger partial charge on any atom is 0.119 e. The highest BCUT2D eigenvalue weighted by atomic mass is 32.1. The molecule has 3 rings (SSSR count). The Labute approximate surface area is 130 Å². The third kappa shape index (κ3) is 3.47. The lowest BCUT2D eigenvalue weighted by Gasteiger charge is -2.10. The molecule has 0 saturated heterocycles. The zero-order valence-corrected chi connectivity index (χ0v) is 13.4. The van der Waals surface area contributed by atoms with Gasteiger partial charge in [-0.3, -0.25) is 0 Å². The molecule has 2 aromatic rings. The van der Waals surface area contributed by atoms with Crippen molar-refractivity contribution in [3.8, 4) is 5.75 Å². The average molecular weight is 301 g/mol. The van der Waals surface area contributed by atoms with Crippen molar-refractivity contribution in [2.45, 2.75) is 44.6 Å². The molecule has 1 heterocycles. The number of rotatable bonds is 4. The summed E-state index contributed by atoms with van der Waals surface area (Å²) in [6, 6.07) is 10.7. The van der Waals surface area contributed by atoms with E-state index in [0.717, 1.165) is 12.2 Å². The van der Waals surface area contributed by atoms with Crippen LogP contribution >= 0.6 is 11.3 Å². The van der Waals surface area contributed by atoms with Crippen molar-refractivity contribution in [3.05, 3.63) is 51.2 Å². The van der Waals surface area contributed by atoms with Crippen LogP contribution in [-0.4, -0.2) is 7.11 Å². The lowest BCUT2D eigenvalue weighted by molar-refractivity contribution is 0.414. The second-order valence-corrected chi connectivity index (χ2v) is 6.99. The van der Waals surface area contributed by atoms with Crippen LogP contribution in [0.5, 0.6) is 5.75 Å². The molecule has 0 saturated carbocycles. The van der Waals surface area contributed by atoms with Crippen LogP contribution in [-0.2, 0) is 19.3 Å². The fraction of sp³-hybridized carbons (Fsp3) is 0.444. The molecule has 3 heteroatoms. The van der Waals surface area contributed by atoms with Crippen molar-refractivity contribution in [2.75, 3.05) is 7.11 Å². The zero-order valence-electron chi connectivity index (χ0n) is 12.6.